The lowest BCUT2D eigenvalue weighted by Gasteiger charge is -2.12. The molecule has 0 aliphatic rings. The van der Waals surface area contributed by atoms with Gasteiger partial charge in [-0.2, -0.15) is 5.10 Å². The number of hydrogen-bond donors (Lipinski definition) is 1. The van der Waals surface area contributed by atoms with Crippen molar-refractivity contribution in [2.24, 2.45) is 0 Å². The normalized spacial score (nSPS) is 11.1. The Morgan fingerprint density at radius 1 is 1.47 bits per heavy atom. The summed E-state index contributed by atoms with van der Waals surface area (Å²) in [5.74, 6) is 1.18. The molecular formula is C13H14N4O2. The Labute approximate surface area is 109 Å². The number of nitrogen functional groups attached to an aromatic ring is 1. The molecule has 3 aromatic rings. The number of aryl methyl sites for hydroxylation is 1. The first-order valence-corrected chi connectivity index (χ1v) is 5.89. The Kier molecular flexibility index (Phi) is 2.63. The number of fused-ring (bicyclic) bond motifs is 1. The molecule has 19 heavy (non-hydrogen) atoms. The summed E-state index contributed by atoms with van der Waals surface area (Å²) in [6.07, 6.45) is 3.64. The van der Waals surface area contributed by atoms with Crippen molar-refractivity contribution in [2.45, 2.75) is 13.5 Å². The summed E-state index contributed by atoms with van der Waals surface area (Å²) in [6.45, 7) is 2.55. The zero-order valence-corrected chi connectivity index (χ0v) is 10.8. The summed E-state index contributed by atoms with van der Waals surface area (Å²) in [5, 5.41) is 8.79. The second kappa shape index (κ2) is 4.31. The molecule has 0 unspecified atom stereocenters. The molecule has 0 radical (unpaired) electrons. The van der Waals surface area contributed by atoms with E-state index in [9.17, 15) is 0 Å². The lowest BCUT2D eigenvalue weighted by atomic mass is 10.0. The number of nitrogens with two attached hydrogens (primary N) is 1. The molecule has 2 heterocycles. The second-order valence-electron chi connectivity index (χ2n) is 4.34. The predicted octanol–water partition coefficient (Wildman–Crippen LogP) is 1.97. The van der Waals surface area contributed by atoms with Gasteiger partial charge in [0.25, 0.3) is 0 Å². The number of benzene rings is 1. The van der Waals surface area contributed by atoms with Gasteiger partial charge in [0.2, 0.25) is 0 Å². The maximum Gasteiger partial charge on any atom is 0.175 e. The summed E-state index contributed by atoms with van der Waals surface area (Å²) in [6, 6.07) is 3.77. The highest BCUT2D eigenvalue weighted by molar-refractivity contribution is 5.92. The fraction of sp³-hybridized carbons (Fsp3) is 0.231. The van der Waals surface area contributed by atoms with Gasteiger partial charge in [-0.3, -0.25) is 4.68 Å². The van der Waals surface area contributed by atoms with Gasteiger partial charge in [-0.05, 0) is 19.1 Å². The SMILES string of the molecule is COc1c(Cn2cccn2)cc2onc(N)c2c1C. The molecule has 0 aliphatic heterocycles. The monoisotopic (exact) mass is 258 g/mol. The molecule has 0 atom stereocenters. The topological polar surface area (TPSA) is 79.1 Å². The smallest absolute Gasteiger partial charge is 0.175 e. The molecule has 0 fully saturated rings. The minimum Gasteiger partial charge on any atom is -0.496 e. The lowest BCUT2D eigenvalue weighted by Crippen LogP contribution is -2.03. The van der Waals surface area contributed by atoms with Crippen molar-refractivity contribution < 1.29 is 9.26 Å². The molecule has 2 aromatic heterocycles. The van der Waals surface area contributed by atoms with Crippen LogP contribution in [-0.2, 0) is 6.54 Å². The number of methoxy groups -OCH3 is 1. The maximum absolute atomic E-state index is 5.81. The average Bonchev–Trinajstić information content (AvgIpc) is 3.00. The molecule has 98 valence electrons. The van der Waals surface area contributed by atoms with Gasteiger partial charge in [-0.1, -0.05) is 5.16 Å². The predicted molar refractivity (Wildman–Crippen MR) is 71.0 cm³/mol. The van der Waals surface area contributed by atoms with Crippen LogP contribution in [0.2, 0.25) is 0 Å². The van der Waals surface area contributed by atoms with Crippen LogP contribution in [0, 0.1) is 6.92 Å². The zero-order valence-electron chi connectivity index (χ0n) is 10.8. The van der Waals surface area contributed by atoms with Crippen molar-refractivity contribution in [1.82, 2.24) is 14.9 Å². The van der Waals surface area contributed by atoms with Gasteiger partial charge in [-0.15, -0.1) is 0 Å². The van der Waals surface area contributed by atoms with Crippen molar-refractivity contribution in [1.29, 1.82) is 0 Å². The lowest BCUT2D eigenvalue weighted by molar-refractivity contribution is 0.404. The molecule has 0 spiro atoms. The van der Waals surface area contributed by atoms with Crippen LogP contribution in [0.4, 0.5) is 5.82 Å². The Morgan fingerprint density at radius 3 is 3.00 bits per heavy atom. The number of rotatable bonds is 3. The van der Waals surface area contributed by atoms with E-state index < -0.39 is 0 Å². The van der Waals surface area contributed by atoms with E-state index in [1.165, 1.54) is 0 Å². The fourth-order valence-electron chi connectivity index (χ4n) is 2.34. The standard InChI is InChI=1S/C13H14N4O2/c1-8-11-10(19-16-13(11)14)6-9(12(8)18-2)7-17-5-3-4-15-17/h3-6H,7H2,1-2H3,(H2,14,16). The minimum absolute atomic E-state index is 0.386. The molecule has 1 aromatic carbocycles. The molecule has 0 amide bonds. The van der Waals surface area contributed by atoms with E-state index in [2.05, 4.69) is 10.3 Å². The Bertz CT molecular complexity index is 716. The Morgan fingerprint density at radius 2 is 2.32 bits per heavy atom. The Balaban J connectivity index is 2.18. The molecular weight excluding hydrogens is 244 g/mol. The van der Waals surface area contributed by atoms with Gasteiger partial charge in [0, 0.05) is 23.5 Å². The zero-order chi connectivity index (χ0) is 13.4. The highest BCUT2D eigenvalue weighted by Crippen LogP contribution is 2.34. The van der Waals surface area contributed by atoms with Crippen LogP contribution in [0.25, 0.3) is 11.0 Å². The molecule has 3 rings (SSSR count). The van der Waals surface area contributed by atoms with Crippen LogP contribution < -0.4 is 10.5 Å². The van der Waals surface area contributed by atoms with Crippen molar-refractivity contribution in [2.75, 3.05) is 12.8 Å². The van der Waals surface area contributed by atoms with Gasteiger partial charge < -0.3 is 15.0 Å². The first kappa shape index (κ1) is 11.6. The number of ether oxygens (including phenoxy) is 1. The van der Waals surface area contributed by atoms with Crippen molar-refractivity contribution in [3.63, 3.8) is 0 Å². The van der Waals surface area contributed by atoms with E-state index in [0.29, 0.717) is 17.9 Å². The first-order valence-electron chi connectivity index (χ1n) is 5.89. The molecule has 0 aliphatic carbocycles. The molecule has 2 N–H and O–H groups in total. The van der Waals surface area contributed by atoms with Crippen LogP contribution in [0.15, 0.2) is 29.0 Å². The quantitative estimate of drug-likeness (QED) is 0.777. The van der Waals surface area contributed by atoms with Crippen molar-refractivity contribution in [3.05, 3.63) is 35.7 Å². The summed E-state index contributed by atoms with van der Waals surface area (Å²) in [7, 11) is 1.64. The Hall–Kier alpha value is -2.50. The van der Waals surface area contributed by atoms with Gasteiger partial charge in [0.05, 0.1) is 19.0 Å². The van der Waals surface area contributed by atoms with E-state index >= 15 is 0 Å². The number of hydrogen-bond acceptors (Lipinski definition) is 5. The molecule has 0 saturated heterocycles. The van der Waals surface area contributed by atoms with Gasteiger partial charge in [-0.25, -0.2) is 0 Å². The summed E-state index contributed by atoms with van der Waals surface area (Å²) < 4.78 is 12.5. The molecule has 6 nitrogen and oxygen atoms in total. The second-order valence-corrected chi connectivity index (χ2v) is 4.34. The van der Waals surface area contributed by atoms with Crippen molar-refractivity contribution in [3.8, 4) is 5.75 Å². The fourth-order valence-corrected chi connectivity index (χ4v) is 2.34. The first-order chi connectivity index (χ1) is 9.20. The van der Waals surface area contributed by atoms with Crippen LogP contribution in [0.1, 0.15) is 11.1 Å². The minimum atomic E-state index is 0.386. The van der Waals surface area contributed by atoms with Crippen LogP contribution in [0.5, 0.6) is 5.75 Å². The number of anilines is 1. The summed E-state index contributed by atoms with van der Waals surface area (Å²) in [5.41, 5.74) is 8.38. The number of nitrogens with zero attached hydrogens (tertiary/aromatic N) is 3. The molecule has 0 bridgehead atoms. The molecule has 6 heteroatoms. The highest BCUT2D eigenvalue weighted by Gasteiger charge is 2.17. The van der Waals surface area contributed by atoms with E-state index in [1.54, 1.807) is 13.3 Å². The largest absolute Gasteiger partial charge is 0.496 e. The summed E-state index contributed by atoms with van der Waals surface area (Å²) in [4.78, 5) is 0. The third-order valence-corrected chi connectivity index (χ3v) is 3.15. The number of aromatic nitrogens is 3. The highest BCUT2D eigenvalue weighted by atomic mass is 16.5. The van der Waals surface area contributed by atoms with E-state index in [-0.39, 0.29) is 0 Å². The average molecular weight is 258 g/mol. The summed E-state index contributed by atoms with van der Waals surface area (Å²) >= 11 is 0. The molecule has 0 saturated carbocycles. The van der Waals surface area contributed by atoms with E-state index in [0.717, 1.165) is 22.3 Å². The van der Waals surface area contributed by atoms with Crippen molar-refractivity contribution >= 4 is 16.8 Å². The van der Waals surface area contributed by atoms with Crippen LogP contribution in [0.3, 0.4) is 0 Å². The van der Waals surface area contributed by atoms with E-state index in [4.69, 9.17) is 15.0 Å². The van der Waals surface area contributed by atoms with Crippen LogP contribution >= 0.6 is 0 Å². The van der Waals surface area contributed by atoms with Gasteiger partial charge >= 0.3 is 0 Å². The maximum atomic E-state index is 5.81. The third kappa shape index (κ3) is 1.81. The van der Waals surface area contributed by atoms with Crippen LogP contribution in [-0.4, -0.2) is 22.0 Å². The van der Waals surface area contributed by atoms with Gasteiger partial charge in [0.15, 0.2) is 11.4 Å². The van der Waals surface area contributed by atoms with E-state index in [1.807, 2.05) is 29.9 Å². The third-order valence-electron chi connectivity index (χ3n) is 3.15. The van der Waals surface area contributed by atoms with Gasteiger partial charge in [0.1, 0.15) is 5.75 Å².